The van der Waals surface area contributed by atoms with Crippen molar-refractivity contribution in [3.8, 4) is 0 Å². The van der Waals surface area contributed by atoms with Gasteiger partial charge >= 0.3 is 18.3 Å². The van der Waals surface area contributed by atoms with Gasteiger partial charge < -0.3 is 14.6 Å². The molecular formula is C28H42F6O4. The van der Waals surface area contributed by atoms with Crippen molar-refractivity contribution < 1.29 is 45.7 Å². The van der Waals surface area contributed by atoms with Gasteiger partial charge in [-0.2, -0.15) is 26.3 Å². The normalized spacial score (nSPS) is 39.3. The van der Waals surface area contributed by atoms with Crippen LogP contribution in [0.4, 0.5) is 26.3 Å². The van der Waals surface area contributed by atoms with E-state index in [0.29, 0.717) is 36.0 Å². The molecule has 10 unspecified atom stereocenters. The molecule has 0 aliphatic heterocycles. The number of aliphatic hydroxyl groups is 1. The predicted molar refractivity (Wildman–Crippen MR) is 128 cm³/mol. The van der Waals surface area contributed by atoms with Crippen molar-refractivity contribution in [1.82, 2.24) is 0 Å². The largest absolute Gasteiger partial charge is 0.459 e. The standard InChI is InChI=1S/C28H42F6O4/c1-6-25(4,5)38-24(35)22-11-17-10-20(22)15(3)18(17)7-8-19-14(2)16-9-21(19)23(12-16)37-13-26(36,27(29,30)31)28(32,33)34/h14-23,36H,6-13H2,1-5H3. The van der Waals surface area contributed by atoms with Gasteiger partial charge in [-0.25, -0.2) is 0 Å². The molecule has 10 atom stereocenters. The number of hydrogen-bond donors (Lipinski definition) is 1. The first-order valence-electron chi connectivity index (χ1n) is 14.1. The second kappa shape index (κ2) is 10.1. The van der Waals surface area contributed by atoms with Gasteiger partial charge in [0.05, 0.1) is 18.6 Å². The summed E-state index contributed by atoms with van der Waals surface area (Å²) in [6, 6.07) is 0. The molecular weight excluding hydrogens is 514 g/mol. The summed E-state index contributed by atoms with van der Waals surface area (Å²) in [4.78, 5) is 12.9. The van der Waals surface area contributed by atoms with Crippen LogP contribution in [0.5, 0.6) is 0 Å². The SMILES string of the molecule is CCC(C)(C)OC(=O)C1CC2CC1C(C)C2CCC1C(C)C2CC(OCC(O)(C(F)(F)F)C(F)(F)F)C1C2. The molecule has 10 heteroatoms. The van der Waals surface area contributed by atoms with E-state index in [0.717, 1.165) is 38.5 Å². The van der Waals surface area contributed by atoms with Gasteiger partial charge in [-0.05, 0) is 106 Å². The summed E-state index contributed by atoms with van der Waals surface area (Å²) in [6.45, 7) is 8.33. The highest BCUT2D eigenvalue weighted by Gasteiger charge is 2.71. The van der Waals surface area contributed by atoms with Gasteiger partial charge in [-0.3, -0.25) is 4.79 Å². The molecule has 4 aliphatic carbocycles. The highest BCUT2D eigenvalue weighted by Crippen LogP contribution is 2.60. The Bertz CT molecular complexity index is 854. The molecule has 0 heterocycles. The molecule has 220 valence electrons. The third-order valence-electron chi connectivity index (χ3n) is 11.0. The van der Waals surface area contributed by atoms with Crippen LogP contribution < -0.4 is 0 Å². The smallest absolute Gasteiger partial charge is 0.428 e. The Morgan fingerprint density at radius 3 is 1.95 bits per heavy atom. The molecule has 0 radical (unpaired) electrons. The second-order valence-electron chi connectivity index (χ2n) is 13.3. The van der Waals surface area contributed by atoms with E-state index in [1.807, 2.05) is 20.8 Å². The maximum absolute atomic E-state index is 13.1. The van der Waals surface area contributed by atoms with Gasteiger partial charge in [-0.1, -0.05) is 20.8 Å². The first-order chi connectivity index (χ1) is 17.4. The molecule has 4 aliphatic rings. The van der Waals surface area contributed by atoms with Crippen molar-refractivity contribution >= 4 is 5.97 Å². The summed E-state index contributed by atoms with van der Waals surface area (Å²) < 4.78 is 89.6. The van der Waals surface area contributed by atoms with Crippen molar-refractivity contribution in [2.75, 3.05) is 6.61 Å². The minimum Gasteiger partial charge on any atom is -0.459 e. The van der Waals surface area contributed by atoms with Crippen molar-refractivity contribution in [1.29, 1.82) is 0 Å². The van der Waals surface area contributed by atoms with Gasteiger partial charge in [0.25, 0.3) is 5.60 Å². The Labute approximate surface area is 221 Å². The average Bonchev–Trinajstić information content (AvgIpc) is 3.55. The molecule has 0 saturated heterocycles. The third-order valence-corrected chi connectivity index (χ3v) is 11.0. The minimum atomic E-state index is -5.87. The van der Waals surface area contributed by atoms with Crippen LogP contribution in [0, 0.1) is 53.3 Å². The summed E-state index contributed by atoms with van der Waals surface area (Å²) >= 11 is 0. The average molecular weight is 557 g/mol. The van der Waals surface area contributed by atoms with Gasteiger partial charge in [-0.15, -0.1) is 0 Å². The Kier molecular flexibility index (Phi) is 7.96. The number of alkyl halides is 6. The quantitative estimate of drug-likeness (QED) is 0.247. The van der Waals surface area contributed by atoms with Crippen molar-refractivity contribution in [2.24, 2.45) is 53.3 Å². The van der Waals surface area contributed by atoms with Crippen LogP contribution in [0.3, 0.4) is 0 Å². The van der Waals surface area contributed by atoms with Crippen LogP contribution in [0.1, 0.15) is 79.6 Å². The lowest BCUT2D eigenvalue weighted by Crippen LogP contribution is -2.60. The van der Waals surface area contributed by atoms with E-state index in [9.17, 15) is 36.2 Å². The zero-order valence-corrected chi connectivity index (χ0v) is 22.9. The number of esters is 1. The first-order valence-corrected chi connectivity index (χ1v) is 14.1. The van der Waals surface area contributed by atoms with E-state index in [2.05, 4.69) is 13.8 Å². The molecule has 4 nitrogen and oxygen atoms in total. The van der Waals surface area contributed by atoms with E-state index in [-0.39, 0.29) is 29.6 Å². The molecule has 0 aromatic heterocycles. The highest BCUT2D eigenvalue weighted by atomic mass is 19.4. The molecule has 0 amide bonds. The zero-order valence-electron chi connectivity index (χ0n) is 22.9. The third kappa shape index (κ3) is 5.21. The van der Waals surface area contributed by atoms with Gasteiger partial charge in [0.15, 0.2) is 0 Å². The molecule has 0 aromatic rings. The number of halogens is 6. The van der Waals surface area contributed by atoms with Crippen LogP contribution >= 0.6 is 0 Å². The molecule has 4 bridgehead atoms. The Morgan fingerprint density at radius 2 is 1.42 bits per heavy atom. The van der Waals surface area contributed by atoms with Crippen LogP contribution in [-0.2, 0) is 14.3 Å². The lowest BCUT2D eigenvalue weighted by molar-refractivity contribution is -0.380. The summed E-state index contributed by atoms with van der Waals surface area (Å²) in [7, 11) is 0. The lowest BCUT2D eigenvalue weighted by atomic mass is 9.70. The van der Waals surface area contributed by atoms with Crippen molar-refractivity contribution in [2.45, 2.75) is 109 Å². The lowest BCUT2D eigenvalue weighted by Gasteiger charge is -2.39. The molecule has 0 spiro atoms. The summed E-state index contributed by atoms with van der Waals surface area (Å²) in [6.07, 6.45) is -6.93. The number of hydrogen-bond acceptors (Lipinski definition) is 4. The van der Waals surface area contributed by atoms with Crippen LogP contribution in [0.2, 0.25) is 0 Å². The van der Waals surface area contributed by atoms with E-state index < -0.39 is 36.3 Å². The van der Waals surface area contributed by atoms with Crippen molar-refractivity contribution in [3.05, 3.63) is 0 Å². The van der Waals surface area contributed by atoms with E-state index in [4.69, 9.17) is 9.47 Å². The fraction of sp³-hybridized carbons (Fsp3) is 0.964. The summed E-state index contributed by atoms with van der Waals surface area (Å²) in [5.74, 6) is 1.98. The monoisotopic (exact) mass is 556 g/mol. The minimum absolute atomic E-state index is 0.0720. The predicted octanol–water partition coefficient (Wildman–Crippen LogP) is 6.94. The first kappa shape index (κ1) is 29.9. The number of carbonyl (C=O) groups excluding carboxylic acids is 1. The van der Waals surface area contributed by atoms with Gasteiger partial charge in [0, 0.05) is 0 Å². The maximum atomic E-state index is 13.1. The Balaban J connectivity index is 1.33. The van der Waals surface area contributed by atoms with E-state index in [1.54, 1.807) is 0 Å². The topological polar surface area (TPSA) is 55.8 Å². The number of ether oxygens (including phenoxy) is 2. The molecule has 1 N–H and O–H groups in total. The Morgan fingerprint density at radius 1 is 0.842 bits per heavy atom. The molecule has 38 heavy (non-hydrogen) atoms. The summed E-state index contributed by atoms with van der Waals surface area (Å²) in [5, 5.41) is 9.50. The van der Waals surface area contributed by atoms with Crippen molar-refractivity contribution in [3.63, 3.8) is 0 Å². The number of fused-ring (bicyclic) bond motifs is 4. The molecule has 0 aromatic carbocycles. The molecule has 4 fully saturated rings. The van der Waals surface area contributed by atoms with Crippen LogP contribution in [0.15, 0.2) is 0 Å². The van der Waals surface area contributed by atoms with E-state index in [1.165, 1.54) is 0 Å². The fourth-order valence-electron chi connectivity index (χ4n) is 8.27. The van der Waals surface area contributed by atoms with Crippen LogP contribution in [0.25, 0.3) is 0 Å². The molecule has 4 rings (SSSR count). The highest BCUT2D eigenvalue weighted by molar-refractivity contribution is 5.74. The van der Waals surface area contributed by atoms with Gasteiger partial charge in [0.1, 0.15) is 5.60 Å². The fourth-order valence-corrected chi connectivity index (χ4v) is 8.27. The second-order valence-corrected chi connectivity index (χ2v) is 13.3. The molecule has 4 saturated carbocycles. The maximum Gasteiger partial charge on any atom is 0.428 e. The van der Waals surface area contributed by atoms with Crippen LogP contribution in [-0.4, -0.2) is 47.3 Å². The zero-order chi connectivity index (χ0) is 28.4. The van der Waals surface area contributed by atoms with Gasteiger partial charge in [0.2, 0.25) is 0 Å². The Hall–Kier alpha value is -1.03. The summed E-state index contributed by atoms with van der Waals surface area (Å²) in [5.41, 5.74) is -5.35. The van der Waals surface area contributed by atoms with E-state index >= 15 is 0 Å². The number of carbonyl (C=O) groups is 1. The number of rotatable bonds is 9.